The van der Waals surface area contributed by atoms with Crippen molar-refractivity contribution in [3.8, 4) is 0 Å². The number of piperidine rings is 1. The number of carbonyl (C=O) groups is 1. The average molecular weight is 445 g/mol. The van der Waals surface area contributed by atoms with Gasteiger partial charge in [0.1, 0.15) is 6.54 Å². The topological polar surface area (TPSA) is 66.4 Å². The number of nitrogens with one attached hydrogen (secondary N) is 1. The molecule has 1 amide bonds. The standard InChI is InChI=1S/C25H40N4O3/c1-3-26-25(29-14-11-23(19-29)20-32-16-15-31-2)27-18-24(30)28-12-9-22(10-13-28)17-21-7-5-4-6-8-21/h4-8,22-23H,3,9-20H2,1-2H3,(H,26,27). The normalized spacial score (nSPS) is 20.1. The van der Waals surface area contributed by atoms with Gasteiger partial charge in [0.2, 0.25) is 5.91 Å². The van der Waals surface area contributed by atoms with Gasteiger partial charge in [-0.2, -0.15) is 0 Å². The highest BCUT2D eigenvalue weighted by molar-refractivity contribution is 5.85. The van der Waals surface area contributed by atoms with E-state index in [-0.39, 0.29) is 12.5 Å². The summed E-state index contributed by atoms with van der Waals surface area (Å²) in [6.45, 7) is 8.64. The second-order valence-electron chi connectivity index (χ2n) is 8.85. The summed E-state index contributed by atoms with van der Waals surface area (Å²) in [6, 6.07) is 10.7. The first-order chi connectivity index (χ1) is 15.7. The fourth-order valence-electron chi connectivity index (χ4n) is 4.56. The number of rotatable bonds is 10. The SMILES string of the molecule is CCNC(=NCC(=O)N1CCC(Cc2ccccc2)CC1)N1CCC(COCCOC)C1. The molecule has 178 valence electrons. The summed E-state index contributed by atoms with van der Waals surface area (Å²) in [4.78, 5) is 21.7. The summed E-state index contributed by atoms with van der Waals surface area (Å²) < 4.78 is 10.7. The van der Waals surface area contributed by atoms with Gasteiger partial charge in [0.25, 0.3) is 0 Å². The molecular weight excluding hydrogens is 404 g/mol. The molecule has 0 radical (unpaired) electrons. The lowest BCUT2D eigenvalue weighted by Crippen LogP contribution is -2.43. The van der Waals surface area contributed by atoms with Crippen molar-refractivity contribution < 1.29 is 14.3 Å². The van der Waals surface area contributed by atoms with Crippen LogP contribution in [0.15, 0.2) is 35.3 Å². The Balaban J connectivity index is 1.42. The second kappa shape index (κ2) is 13.4. The van der Waals surface area contributed by atoms with Gasteiger partial charge in [-0.25, -0.2) is 4.99 Å². The lowest BCUT2D eigenvalue weighted by Gasteiger charge is -2.32. The number of benzene rings is 1. The van der Waals surface area contributed by atoms with E-state index >= 15 is 0 Å². The van der Waals surface area contributed by atoms with Crippen molar-refractivity contribution in [2.75, 3.05) is 66.2 Å². The van der Waals surface area contributed by atoms with Gasteiger partial charge in [0.05, 0.1) is 19.8 Å². The van der Waals surface area contributed by atoms with E-state index < -0.39 is 0 Å². The molecule has 1 aromatic carbocycles. The summed E-state index contributed by atoms with van der Waals surface area (Å²) in [7, 11) is 1.69. The first-order valence-corrected chi connectivity index (χ1v) is 12.1. The predicted octanol–water partition coefficient (Wildman–Crippen LogP) is 2.42. The van der Waals surface area contributed by atoms with Crippen LogP contribution in [-0.4, -0.2) is 87.9 Å². The molecule has 0 saturated carbocycles. The molecule has 1 atom stereocenters. The van der Waals surface area contributed by atoms with E-state index in [1.165, 1.54) is 5.56 Å². The number of ether oxygens (including phenoxy) is 2. The summed E-state index contributed by atoms with van der Waals surface area (Å²) in [5.74, 6) is 2.14. The predicted molar refractivity (Wildman–Crippen MR) is 128 cm³/mol. The fraction of sp³-hybridized carbons (Fsp3) is 0.680. The van der Waals surface area contributed by atoms with Crippen LogP contribution in [0.3, 0.4) is 0 Å². The molecular formula is C25H40N4O3. The number of hydrogen-bond acceptors (Lipinski definition) is 4. The quantitative estimate of drug-likeness (QED) is 0.341. The highest BCUT2D eigenvalue weighted by atomic mass is 16.5. The molecule has 0 aromatic heterocycles. The monoisotopic (exact) mass is 444 g/mol. The third-order valence-electron chi connectivity index (χ3n) is 6.40. The molecule has 1 aromatic rings. The number of carbonyl (C=O) groups excluding carboxylic acids is 1. The van der Waals surface area contributed by atoms with Crippen molar-refractivity contribution in [1.82, 2.24) is 15.1 Å². The van der Waals surface area contributed by atoms with E-state index in [1.807, 2.05) is 4.90 Å². The van der Waals surface area contributed by atoms with Crippen LogP contribution in [0.1, 0.15) is 31.7 Å². The molecule has 0 bridgehead atoms. The minimum absolute atomic E-state index is 0.136. The maximum atomic E-state index is 12.8. The molecule has 3 rings (SSSR count). The van der Waals surface area contributed by atoms with Crippen LogP contribution in [0.25, 0.3) is 0 Å². The lowest BCUT2D eigenvalue weighted by molar-refractivity contribution is -0.131. The van der Waals surface area contributed by atoms with Crippen LogP contribution < -0.4 is 5.32 Å². The molecule has 2 saturated heterocycles. The number of nitrogens with zero attached hydrogens (tertiary/aromatic N) is 3. The molecule has 2 heterocycles. The largest absolute Gasteiger partial charge is 0.382 e. The van der Waals surface area contributed by atoms with Crippen LogP contribution in [0, 0.1) is 11.8 Å². The fourth-order valence-corrected chi connectivity index (χ4v) is 4.56. The first kappa shape index (κ1) is 24.5. The Hall–Kier alpha value is -2.12. The van der Waals surface area contributed by atoms with Crippen molar-refractivity contribution in [2.45, 2.75) is 32.6 Å². The van der Waals surface area contributed by atoms with Crippen LogP contribution in [0.4, 0.5) is 0 Å². The van der Waals surface area contributed by atoms with Crippen molar-refractivity contribution >= 4 is 11.9 Å². The van der Waals surface area contributed by atoms with Crippen LogP contribution in [0.2, 0.25) is 0 Å². The molecule has 0 spiro atoms. The number of hydrogen-bond donors (Lipinski definition) is 1. The Morgan fingerprint density at radius 3 is 2.50 bits per heavy atom. The third kappa shape index (κ3) is 7.78. The van der Waals surface area contributed by atoms with E-state index in [0.29, 0.717) is 25.0 Å². The zero-order valence-electron chi connectivity index (χ0n) is 19.8. The maximum absolute atomic E-state index is 12.8. The maximum Gasteiger partial charge on any atom is 0.244 e. The highest BCUT2D eigenvalue weighted by Gasteiger charge is 2.26. The molecule has 0 aliphatic carbocycles. The van der Waals surface area contributed by atoms with Gasteiger partial charge in [-0.1, -0.05) is 30.3 Å². The number of likely N-dealkylation sites (tertiary alicyclic amines) is 2. The average Bonchev–Trinajstić information content (AvgIpc) is 3.29. The Morgan fingerprint density at radius 1 is 1.06 bits per heavy atom. The minimum atomic E-state index is 0.136. The van der Waals surface area contributed by atoms with Gasteiger partial charge in [-0.3, -0.25) is 4.79 Å². The van der Waals surface area contributed by atoms with E-state index in [0.717, 1.165) is 71.0 Å². The highest BCUT2D eigenvalue weighted by Crippen LogP contribution is 2.22. The lowest BCUT2D eigenvalue weighted by atomic mass is 9.90. The molecule has 2 fully saturated rings. The molecule has 32 heavy (non-hydrogen) atoms. The first-order valence-electron chi connectivity index (χ1n) is 12.1. The Bertz CT molecular complexity index is 704. The van der Waals surface area contributed by atoms with Crippen LogP contribution in [0.5, 0.6) is 0 Å². The molecule has 7 nitrogen and oxygen atoms in total. The Labute approximate surface area is 193 Å². The molecule has 1 N–H and O–H groups in total. The number of aliphatic imine (C=N–C) groups is 1. The molecule has 1 unspecified atom stereocenters. The van der Waals surface area contributed by atoms with Gasteiger partial charge >= 0.3 is 0 Å². The van der Waals surface area contributed by atoms with Crippen molar-refractivity contribution in [1.29, 1.82) is 0 Å². The van der Waals surface area contributed by atoms with E-state index in [9.17, 15) is 4.79 Å². The zero-order valence-corrected chi connectivity index (χ0v) is 19.8. The molecule has 2 aliphatic heterocycles. The summed E-state index contributed by atoms with van der Waals surface area (Å²) in [5, 5.41) is 3.36. The van der Waals surface area contributed by atoms with Crippen LogP contribution in [-0.2, 0) is 20.7 Å². The second-order valence-corrected chi connectivity index (χ2v) is 8.85. The van der Waals surface area contributed by atoms with Crippen LogP contribution >= 0.6 is 0 Å². The van der Waals surface area contributed by atoms with Gasteiger partial charge in [0, 0.05) is 45.8 Å². The number of guanidine groups is 1. The zero-order chi connectivity index (χ0) is 22.6. The third-order valence-corrected chi connectivity index (χ3v) is 6.40. The van der Waals surface area contributed by atoms with E-state index in [4.69, 9.17) is 9.47 Å². The van der Waals surface area contributed by atoms with Crippen molar-refractivity contribution in [3.63, 3.8) is 0 Å². The minimum Gasteiger partial charge on any atom is -0.382 e. The van der Waals surface area contributed by atoms with E-state index in [1.54, 1.807) is 7.11 Å². The number of methoxy groups -OCH3 is 1. The smallest absolute Gasteiger partial charge is 0.244 e. The van der Waals surface area contributed by atoms with Gasteiger partial charge in [0.15, 0.2) is 5.96 Å². The van der Waals surface area contributed by atoms with Gasteiger partial charge < -0.3 is 24.6 Å². The summed E-state index contributed by atoms with van der Waals surface area (Å²) in [6.07, 6.45) is 4.33. The van der Waals surface area contributed by atoms with Gasteiger partial charge in [-0.15, -0.1) is 0 Å². The van der Waals surface area contributed by atoms with Crippen molar-refractivity contribution in [2.24, 2.45) is 16.8 Å². The molecule has 2 aliphatic rings. The van der Waals surface area contributed by atoms with Gasteiger partial charge in [-0.05, 0) is 44.1 Å². The van der Waals surface area contributed by atoms with E-state index in [2.05, 4.69) is 52.5 Å². The summed E-state index contributed by atoms with van der Waals surface area (Å²) in [5.41, 5.74) is 1.39. The number of amides is 1. The molecule has 7 heteroatoms. The Morgan fingerprint density at radius 2 is 1.78 bits per heavy atom. The Kier molecular flexibility index (Phi) is 10.3. The summed E-state index contributed by atoms with van der Waals surface area (Å²) >= 11 is 0. The van der Waals surface area contributed by atoms with Crippen molar-refractivity contribution in [3.05, 3.63) is 35.9 Å².